The summed E-state index contributed by atoms with van der Waals surface area (Å²) in [5.41, 5.74) is 0.547. The maximum atomic E-state index is 13.2. The van der Waals surface area contributed by atoms with Crippen molar-refractivity contribution in [2.75, 3.05) is 13.1 Å². The Morgan fingerprint density at radius 3 is 2.84 bits per heavy atom. The Bertz CT molecular complexity index is 560. The van der Waals surface area contributed by atoms with Gasteiger partial charge in [0.25, 0.3) is 0 Å². The van der Waals surface area contributed by atoms with Crippen LogP contribution in [0.25, 0.3) is 0 Å². The molecule has 1 saturated heterocycles. The maximum absolute atomic E-state index is 13.2. The molecule has 19 heavy (non-hydrogen) atoms. The van der Waals surface area contributed by atoms with Crippen LogP contribution in [0, 0.1) is 18.7 Å². The molecule has 1 aliphatic rings. The molecule has 0 aliphatic carbocycles. The van der Waals surface area contributed by atoms with Crippen molar-refractivity contribution in [1.82, 2.24) is 10.0 Å². The van der Waals surface area contributed by atoms with Crippen molar-refractivity contribution in [1.29, 1.82) is 0 Å². The van der Waals surface area contributed by atoms with Crippen molar-refractivity contribution in [3.63, 3.8) is 0 Å². The maximum Gasteiger partial charge on any atom is 0.241 e. The van der Waals surface area contributed by atoms with Gasteiger partial charge in [0.15, 0.2) is 0 Å². The molecule has 1 aromatic rings. The van der Waals surface area contributed by atoms with E-state index in [9.17, 15) is 12.8 Å². The predicted molar refractivity (Wildman–Crippen MR) is 71.9 cm³/mol. The van der Waals surface area contributed by atoms with Crippen molar-refractivity contribution in [2.45, 2.75) is 31.2 Å². The number of halogens is 1. The second-order valence-corrected chi connectivity index (χ2v) is 6.79. The third-order valence-corrected chi connectivity index (χ3v) is 5.21. The highest BCUT2D eigenvalue weighted by atomic mass is 32.2. The molecule has 4 nitrogen and oxygen atoms in total. The summed E-state index contributed by atoms with van der Waals surface area (Å²) in [5.74, 6) is -0.273. The van der Waals surface area contributed by atoms with Crippen molar-refractivity contribution >= 4 is 10.0 Å². The van der Waals surface area contributed by atoms with Gasteiger partial charge in [-0.25, -0.2) is 17.5 Å². The lowest BCUT2D eigenvalue weighted by atomic mass is 9.96. The van der Waals surface area contributed by atoms with Crippen LogP contribution in [0.3, 0.4) is 0 Å². The first-order chi connectivity index (χ1) is 8.90. The van der Waals surface area contributed by atoms with E-state index >= 15 is 0 Å². The average Bonchev–Trinajstić information content (AvgIpc) is 2.35. The van der Waals surface area contributed by atoms with Crippen molar-refractivity contribution in [3.05, 3.63) is 29.6 Å². The minimum absolute atomic E-state index is 0.0188. The molecule has 0 amide bonds. The number of nitrogens with one attached hydrogen (secondary N) is 2. The molecule has 1 aromatic carbocycles. The summed E-state index contributed by atoms with van der Waals surface area (Å²) in [6.45, 7) is 5.19. The molecule has 6 heteroatoms. The van der Waals surface area contributed by atoms with E-state index in [1.165, 1.54) is 12.1 Å². The molecule has 106 valence electrons. The minimum atomic E-state index is -3.68. The van der Waals surface area contributed by atoms with Gasteiger partial charge in [-0.3, -0.25) is 0 Å². The Hall–Kier alpha value is -0.980. The summed E-state index contributed by atoms with van der Waals surface area (Å²) in [5, 5.41) is 3.16. The van der Waals surface area contributed by atoms with Crippen LogP contribution >= 0.6 is 0 Å². The van der Waals surface area contributed by atoms with Gasteiger partial charge in [-0.15, -0.1) is 0 Å². The predicted octanol–water partition coefficient (Wildman–Crippen LogP) is 1.41. The number of hydrogen-bond donors (Lipinski definition) is 2. The van der Waals surface area contributed by atoms with Crippen LogP contribution in [0.15, 0.2) is 23.1 Å². The topological polar surface area (TPSA) is 58.2 Å². The SMILES string of the molecule is Cc1ccc(F)cc1S(=O)(=O)NC1CNCCC1C. The molecule has 1 heterocycles. The summed E-state index contributed by atoms with van der Waals surface area (Å²) >= 11 is 0. The van der Waals surface area contributed by atoms with Crippen molar-refractivity contribution in [2.24, 2.45) is 5.92 Å². The van der Waals surface area contributed by atoms with Crippen LogP contribution in [0.5, 0.6) is 0 Å². The van der Waals surface area contributed by atoms with E-state index in [4.69, 9.17) is 0 Å². The lowest BCUT2D eigenvalue weighted by Crippen LogP contribution is -2.50. The molecule has 1 fully saturated rings. The normalized spacial score (nSPS) is 24.4. The quantitative estimate of drug-likeness (QED) is 0.883. The minimum Gasteiger partial charge on any atom is -0.315 e. The van der Waals surface area contributed by atoms with Crippen molar-refractivity contribution < 1.29 is 12.8 Å². The average molecular weight is 286 g/mol. The Kier molecular flexibility index (Phi) is 4.23. The molecule has 0 spiro atoms. The van der Waals surface area contributed by atoms with Crippen LogP contribution in [0.4, 0.5) is 4.39 Å². The fourth-order valence-corrected chi connectivity index (χ4v) is 3.87. The molecular formula is C13H19FN2O2S. The third-order valence-electron chi connectivity index (χ3n) is 3.57. The molecule has 2 unspecified atom stereocenters. The van der Waals surface area contributed by atoms with Gasteiger partial charge < -0.3 is 5.32 Å². The second kappa shape index (κ2) is 5.56. The largest absolute Gasteiger partial charge is 0.315 e. The summed E-state index contributed by atoms with van der Waals surface area (Å²) in [4.78, 5) is 0.0188. The molecule has 2 atom stereocenters. The van der Waals surface area contributed by atoms with Crippen molar-refractivity contribution in [3.8, 4) is 0 Å². The highest BCUT2D eigenvalue weighted by Crippen LogP contribution is 2.19. The van der Waals surface area contributed by atoms with E-state index in [1.807, 2.05) is 6.92 Å². The lowest BCUT2D eigenvalue weighted by Gasteiger charge is -2.30. The molecule has 1 aliphatic heterocycles. The van der Waals surface area contributed by atoms with Gasteiger partial charge in [0.1, 0.15) is 5.82 Å². The first-order valence-corrected chi connectivity index (χ1v) is 7.87. The van der Waals surface area contributed by atoms with Crippen LogP contribution in [0.2, 0.25) is 0 Å². The van der Waals surface area contributed by atoms with Gasteiger partial charge >= 0.3 is 0 Å². The molecule has 0 radical (unpaired) electrons. The Morgan fingerprint density at radius 2 is 2.16 bits per heavy atom. The zero-order valence-corrected chi connectivity index (χ0v) is 11.9. The van der Waals surface area contributed by atoms with Gasteiger partial charge in [-0.2, -0.15) is 0 Å². The van der Waals surface area contributed by atoms with E-state index in [2.05, 4.69) is 10.0 Å². The fourth-order valence-electron chi connectivity index (χ4n) is 2.27. The molecular weight excluding hydrogens is 267 g/mol. The smallest absolute Gasteiger partial charge is 0.241 e. The summed E-state index contributed by atoms with van der Waals surface area (Å²) in [6.07, 6.45) is 0.926. The van der Waals surface area contributed by atoms with Crippen LogP contribution < -0.4 is 10.0 Å². The summed E-state index contributed by atoms with van der Waals surface area (Å²) < 4.78 is 40.5. The van der Waals surface area contributed by atoms with Gasteiger partial charge in [-0.1, -0.05) is 13.0 Å². The van der Waals surface area contributed by atoms with Gasteiger partial charge in [0, 0.05) is 12.6 Å². The van der Waals surface area contributed by atoms with Crippen LogP contribution in [-0.4, -0.2) is 27.5 Å². The molecule has 2 N–H and O–H groups in total. The zero-order valence-electron chi connectivity index (χ0n) is 11.1. The Labute approximate surface area is 113 Å². The van der Waals surface area contributed by atoms with E-state index in [0.29, 0.717) is 12.1 Å². The second-order valence-electron chi connectivity index (χ2n) is 5.11. The monoisotopic (exact) mass is 286 g/mol. The highest BCUT2D eigenvalue weighted by Gasteiger charge is 2.27. The number of benzene rings is 1. The van der Waals surface area contributed by atoms with E-state index in [1.54, 1.807) is 6.92 Å². The number of rotatable bonds is 3. The lowest BCUT2D eigenvalue weighted by molar-refractivity contribution is 0.327. The Morgan fingerprint density at radius 1 is 1.42 bits per heavy atom. The molecule has 2 rings (SSSR count). The summed E-state index contributed by atoms with van der Waals surface area (Å²) in [7, 11) is -3.68. The van der Waals surface area contributed by atoms with E-state index in [-0.39, 0.29) is 16.9 Å². The van der Waals surface area contributed by atoms with Gasteiger partial charge in [0.05, 0.1) is 4.90 Å². The standard InChI is InChI=1S/C13H19FN2O2S/c1-9-5-6-15-8-12(9)16-19(17,18)13-7-11(14)4-3-10(13)2/h3-4,7,9,12,15-16H,5-6,8H2,1-2H3. The first-order valence-electron chi connectivity index (χ1n) is 6.39. The van der Waals surface area contributed by atoms with Gasteiger partial charge in [-0.05, 0) is 43.5 Å². The van der Waals surface area contributed by atoms with E-state index < -0.39 is 15.8 Å². The number of aryl methyl sites for hydroxylation is 1. The summed E-state index contributed by atoms with van der Waals surface area (Å²) in [6, 6.07) is 3.66. The number of piperidine rings is 1. The van der Waals surface area contributed by atoms with Gasteiger partial charge in [0.2, 0.25) is 10.0 Å². The highest BCUT2D eigenvalue weighted by molar-refractivity contribution is 7.89. The van der Waals surface area contributed by atoms with E-state index in [0.717, 1.165) is 19.0 Å². The molecule has 0 bridgehead atoms. The Balaban J connectivity index is 2.24. The molecule has 0 aromatic heterocycles. The molecule has 0 saturated carbocycles. The van der Waals surface area contributed by atoms with Crippen LogP contribution in [0.1, 0.15) is 18.9 Å². The zero-order chi connectivity index (χ0) is 14.0. The van der Waals surface area contributed by atoms with Crippen LogP contribution in [-0.2, 0) is 10.0 Å². The third kappa shape index (κ3) is 3.32. The fraction of sp³-hybridized carbons (Fsp3) is 0.538. The number of hydrogen-bond acceptors (Lipinski definition) is 3. The number of sulfonamides is 1. The first kappa shape index (κ1) is 14.4.